The summed E-state index contributed by atoms with van der Waals surface area (Å²) >= 11 is 0. The lowest BCUT2D eigenvalue weighted by Gasteiger charge is -2.13. The Kier molecular flexibility index (Phi) is 4.39. The molecular weight excluding hydrogens is 327 g/mol. The molecule has 7 heteroatoms. The Labute approximate surface area is 143 Å². The Hall–Kier alpha value is -2.96. The molecule has 0 radical (unpaired) electrons. The van der Waals surface area contributed by atoms with Crippen LogP contribution in [0, 0.1) is 17.2 Å². The highest BCUT2D eigenvalue weighted by molar-refractivity contribution is 6.05. The maximum atomic E-state index is 14.1. The van der Waals surface area contributed by atoms with Gasteiger partial charge in [-0.05, 0) is 42.2 Å². The van der Waals surface area contributed by atoms with Crippen LogP contribution in [0.2, 0.25) is 0 Å². The minimum absolute atomic E-state index is 0.0425. The van der Waals surface area contributed by atoms with Crippen molar-refractivity contribution in [2.24, 2.45) is 11.3 Å². The normalized spacial score (nSPS) is 21.4. The minimum Gasteiger partial charge on any atom is -0.480 e. The molecule has 3 rings (SSSR count). The highest BCUT2D eigenvalue weighted by Crippen LogP contribution is 2.52. The van der Waals surface area contributed by atoms with Crippen LogP contribution in [-0.4, -0.2) is 22.0 Å². The molecule has 0 aliphatic heterocycles. The monoisotopic (exact) mass is 344 g/mol. The lowest BCUT2D eigenvalue weighted by atomic mass is 10.0. The van der Waals surface area contributed by atoms with Gasteiger partial charge in [0.15, 0.2) is 11.6 Å². The van der Waals surface area contributed by atoms with Gasteiger partial charge >= 0.3 is 5.97 Å². The highest BCUT2D eigenvalue weighted by atomic mass is 19.1. The number of nitrogens with zero attached hydrogens (tertiary/aromatic N) is 1. The summed E-state index contributed by atoms with van der Waals surface area (Å²) in [6.07, 6.45) is 3.37. The molecule has 1 aliphatic carbocycles. The number of aromatic nitrogens is 1. The number of ether oxygens (including phenoxy) is 1. The average molecular weight is 344 g/mol. The van der Waals surface area contributed by atoms with Crippen molar-refractivity contribution in [3.63, 3.8) is 0 Å². The van der Waals surface area contributed by atoms with E-state index in [0.717, 1.165) is 0 Å². The Bertz CT molecular complexity index is 812. The summed E-state index contributed by atoms with van der Waals surface area (Å²) < 4.78 is 19.5. The summed E-state index contributed by atoms with van der Waals surface area (Å²) in [5.74, 6) is -1.98. The molecule has 1 aromatic heterocycles. The molecule has 1 saturated carbocycles. The second-order valence-corrected chi connectivity index (χ2v) is 6.12. The van der Waals surface area contributed by atoms with Crippen molar-refractivity contribution in [1.82, 2.24) is 10.3 Å². The summed E-state index contributed by atoms with van der Waals surface area (Å²) in [5, 5.41) is 11.8. The van der Waals surface area contributed by atoms with Gasteiger partial charge in [-0.3, -0.25) is 14.6 Å². The van der Waals surface area contributed by atoms with Gasteiger partial charge in [0.25, 0.3) is 0 Å². The number of hydrogen-bond acceptors (Lipinski definition) is 4. The standard InChI is InChI=1S/C18H17FN2O4/c1-11-8-18(11,17(23)24)16(22)21-9-12-4-5-15(14(19)7-12)25-13-3-2-6-20-10-13/h2-7,10-11H,8-9H2,1H3,(H,21,22)(H,23,24). The van der Waals surface area contributed by atoms with Crippen LogP contribution in [0.5, 0.6) is 11.5 Å². The van der Waals surface area contributed by atoms with E-state index in [0.29, 0.717) is 17.7 Å². The number of nitrogens with one attached hydrogen (secondary N) is 1. The molecule has 2 atom stereocenters. The lowest BCUT2D eigenvalue weighted by Crippen LogP contribution is -2.37. The number of carbonyl (C=O) groups excluding carboxylic acids is 1. The molecule has 1 aromatic carbocycles. The SMILES string of the molecule is CC1CC1(C(=O)O)C(=O)NCc1ccc(Oc2cccnc2)c(F)c1. The van der Waals surface area contributed by atoms with Gasteiger partial charge in [-0.1, -0.05) is 13.0 Å². The molecule has 2 unspecified atom stereocenters. The number of rotatable bonds is 6. The van der Waals surface area contributed by atoms with Gasteiger partial charge in [0.05, 0.1) is 6.20 Å². The molecule has 0 spiro atoms. The summed E-state index contributed by atoms with van der Waals surface area (Å²) in [7, 11) is 0. The zero-order valence-corrected chi connectivity index (χ0v) is 13.5. The number of aliphatic carboxylic acids is 1. The molecule has 1 fully saturated rings. The number of hydrogen-bond donors (Lipinski definition) is 2. The third kappa shape index (κ3) is 3.31. The fourth-order valence-corrected chi connectivity index (χ4v) is 2.75. The zero-order chi connectivity index (χ0) is 18.0. The Morgan fingerprint density at radius 1 is 1.44 bits per heavy atom. The van der Waals surface area contributed by atoms with Crippen molar-refractivity contribution in [3.05, 3.63) is 54.1 Å². The Balaban J connectivity index is 1.64. The average Bonchev–Trinajstić information content (AvgIpc) is 3.29. The van der Waals surface area contributed by atoms with Crippen molar-refractivity contribution in [2.45, 2.75) is 19.9 Å². The van der Waals surface area contributed by atoms with Crippen molar-refractivity contribution in [1.29, 1.82) is 0 Å². The molecule has 2 aromatic rings. The molecule has 130 valence electrons. The van der Waals surface area contributed by atoms with E-state index in [1.807, 2.05) is 0 Å². The second-order valence-electron chi connectivity index (χ2n) is 6.12. The summed E-state index contributed by atoms with van der Waals surface area (Å²) in [6.45, 7) is 1.77. The number of amides is 1. The van der Waals surface area contributed by atoms with Gasteiger partial charge in [0.2, 0.25) is 5.91 Å². The van der Waals surface area contributed by atoms with Crippen molar-refractivity contribution in [3.8, 4) is 11.5 Å². The van der Waals surface area contributed by atoms with E-state index in [2.05, 4.69) is 10.3 Å². The molecule has 25 heavy (non-hydrogen) atoms. The van der Waals surface area contributed by atoms with Crippen LogP contribution >= 0.6 is 0 Å². The molecule has 2 N–H and O–H groups in total. The summed E-state index contributed by atoms with van der Waals surface area (Å²) in [5.41, 5.74) is -0.833. The number of carboxylic acid groups (broad SMARTS) is 1. The topological polar surface area (TPSA) is 88.5 Å². The molecule has 6 nitrogen and oxygen atoms in total. The van der Waals surface area contributed by atoms with E-state index < -0.39 is 23.1 Å². The lowest BCUT2D eigenvalue weighted by molar-refractivity contribution is -0.149. The molecular formula is C18H17FN2O4. The first-order chi connectivity index (χ1) is 11.9. The van der Waals surface area contributed by atoms with Crippen LogP contribution in [0.3, 0.4) is 0 Å². The van der Waals surface area contributed by atoms with Gasteiger partial charge in [0.1, 0.15) is 11.2 Å². The van der Waals surface area contributed by atoms with E-state index in [4.69, 9.17) is 4.74 Å². The van der Waals surface area contributed by atoms with Crippen LogP contribution in [-0.2, 0) is 16.1 Å². The van der Waals surface area contributed by atoms with Crippen LogP contribution in [0.4, 0.5) is 4.39 Å². The Morgan fingerprint density at radius 3 is 2.76 bits per heavy atom. The first-order valence-corrected chi connectivity index (χ1v) is 7.81. The quantitative estimate of drug-likeness (QED) is 0.787. The molecule has 0 bridgehead atoms. The smallest absolute Gasteiger partial charge is 0.319 e. The largest absolute Gasteiger partial charge is 0.480 e. The van der Waals surface area contributed by atoms with Crippen LogP contribution in [0.1, 0.15) is 18.9 Å². The fraction of sp³-hybridized carbons (Fsp3) is 0.278. The van der Waals surface area contributed by atoms with E-state index in [1.54, 1.807) is 31.3 Å². The highest BCUT2D eigenvalue weighted by Gasteiger charge is 2.63. The molecule has 1 amide bonds. The van der Waals surface area contributed by atoms with Crippen LogP contribution < -0.4 is 10.1 Å². The van der Waals surface area contributed by atoms with Crippen molar-refractivity contribution in [2.75, 3.05) is 0 Å². The third-order valence-corrected chi connectivity index (χ3v) is 4.41. The van der Waals surface area contributed by atoms with Gasteiger partial charge < -0.3 is 15.2 Å². The van der Waals surface area contributed by atoms with Gasteiger partial charge in [-0.15, -0.1) is 0 Å². The van der Waals surface area contributed by atoms with Crippen LogP contribution in [0.25, 0.3) is 0 Å². The zero-order valence-electron chi connectivity index (χ0n) is 13.5. The van der Waals surface area contributed by atoms with E-state index >= 15 is 0 Å². The minimum atomic E-state index is -1.35. The van der Waals surface area contributed by atoms with Gasteiger partial charge in [-0.25, -0.2) is 4.39 Å². The molecule has 1 heterocycles. The summed E-state index contributed by atoms with van der Waals surface area (Å²) in [6, 6.07) is 7.64. The summed E-state index contributed by atoms with van der Waals surface area (Å²) in [4.78, 5) is 27.3. The predicted molar refractivity (Wildman–Crippen MR) is 86.4 cm³/mol. The second kappa shape index (κ2) is 6.51. The third-order valence-electron chi connectivity index (χ3n) is 4.41. The first-order valence-electron chi connectivity index (χ1n) is 7.81. The molecule has 1 aliphatic rings. The van der Waals surface area contributed by atoms with Gasteiger partial charge in [0, 0.05) is 12.7 Å². The number of halogens is 1. The van der Waals surface area contributed by atoms with Crippen LogP contribution in [0.15, 0.2) is 42.7 Å². The maximum absolute atomic E-state index is 14.1. The van der Waals surface area contributed by atoms with Gasteiger partial charge in [-0.2, -0.15) is 0 Å². The fourth-order valence-electron chi connectivity index (χ4n) is 2.75. The predicted octanol–water partition coefficient (Wildman–Crippen LogP) is 2.74. The number of pyridine rings is 1. The van der Waals surface area contributed by atoms with E-state index in [1.165, 1.54) is 18.3 Å². The number of carboxylic acids is 1. The van der Waals surface area contributed by atoms with Crippen molar-refractivity contribution >= 4 is 11.9 Å². The van der Waals surface area contributed by atoms with E-state index in [-0.39, 0.29) is 18.2 Å². The maximum Gasteiger partial charge on any atom is 0.319 e. The molecule has 0 saturated heterocycles. The number of carbonyl (C=O) groups is 2. The first kappa shape index (κ1) is 16.9. The number of benzene rings is 1. The van der Waals surface area contributed by atoms with Crippen molar-refractivity contribution < 1.29 is 23.8 Å². The van der Waals surface area contributed by atoms with E-state index in [9.17, 15) is 19.1 Å². The Morgan fingerprint density at radius 2 is 2.20 bits per heavy atom.